The first kappa shape index (κ1) is 17.0. The SMILES string of the molecule is CCCCNc1cccc(CNc2cc(-c3ccc(F)cc3)[nH]n2)n1. The van der Waals surface area contributed by atoms with Crippen molar-refractivity contribution < 1.29 is 4.39 Å². The Hall–Kier alpha value is -2.89. The van der Waals surface area contributed by atoms with Crippen molar-refractivity contribution in [1.29, 1.82) is 0 Å². The van der Waals surface area contributed by atoms with E-state index in [0.29, 0.717) is 6.54 Å². The van der Waals surface area contributed by atoms with E-state index in [2.05, 4.69) is 32.7 Å². The van der Waals surface area contributed by atoms with Crippen molar-refractivity contribution in [3.05, 3.63) is 60.0 Å². The number of nitrogens with one attached hydrogen (secondary N) is 3. The second kappa shape index (κ2) is 8.28. The van der Waals surface area contributed by atoms with Crippen molar-refractivity contribution >= 4 is 11.6 Å². The van der Waals surface area contributed by atoms with Crippen LogP contribution in [0.3, 0.4) is 0 Å². The van der Waals surface area contributed by atoms with E-state index in [9.17, 15) is 4.39 Å². The van der Waals surface area contributed by atoms with Crippen LogP contribution in [0.15, 0.2) is 48.5 Å². The quantitative estimate of drug-likeness (QED) is 0.531. The highest BCUT2D eigenvalue weighted by molar-refractivity contribution is 5.62. The highest BCUT2D eigenvalue weighted by Crippen LogP contribution is 2.20. The minimum Gasteiger partial charge on any atom is -0.370 e. The molecule has 0 aliphatic rings. The van der Waals surface area contributed by atoms with E-state index >= 15 is 0 Å². The van der Waals surface area contributed by atoms with Crippen molar-refractivity contribution in [2.45, 2.75) is 26.3 Å². The Morgan fingerprint density at radius 3 is 2.68 bits per heavy atom. The molecular weight excluding hydrogens is 317 g/mol. The second-order valence-corrected chi connectivity index (χ2v) is 5.82. The fourth-order valence-corrected chi connectivity index (χ4v) is 2.44. The van der Waals surface area contributed by atoms with Crippen LogP contribution >= 0.6 is 0 Å². The van der Waals surface area contributed by atoms with Crippen molar-refractivity contribution in [2.75, 3.05) is 17.2 Å². The third kappa shape index (κ3) is 4.79. The van der Waals surface area contributed by atoms with Gasteiger partial charge in [0.1, 0.15) is 17.5 Å². The molecule has 0 spiro atoms. The van der Waals surface area contributed by atoms with Crippen LogP contribution in [0.25, 0.3) is 11.3 Å². The van der Waals surface area contributed by atoms with E-state index in [1.807, 2.05) is 24.3 Å². The molecule has 3 N–H and O–H groups in total. The van der Waals surface area contributed by atoms with E-state index in [1.54, 1.807) is 12.1 Å². The van der Waals surface area contributed by atoms with Gasteiger partial charge in [-0.25, -0.2) is 9.37 Å². The molecule has 0 bridgehead atoms. The number of H-pyrrole nitrogens is 1. The molecule has 3 aromatic rings. The number of anilines is 2. The fourth-order valence-electron chi connectivity index (χ4n) is 2.44. The van der Waals surface area contributed by atoms with Crippen LogP contribution in [-0.4, -0.2) is 21.7 Å². The topological polar surface area (TPSA) is 65.6 Å². The molecule has 25 heavy (non-hydrogen) atoms. The Bertz CT molecular complexity index is 798. The zero-order valence-corrected chi connectivity index (χ0v) is 14.2. The number of hydrogen-bond acceptors (Lipinski definition) is 4. The molecule has 1 aromatic carbocycles. The first-order valence-corrected chi connectivity index (χ1v) is 8.49. The van der Waals surface area contributed by atoms with Gasteiger partial charge in [-0.2, -0.15) is 5.10 Å². The summed E-state index contributed by atoms with van der Waals surface area (Å²) in [4.78, 5) is 4.58. The van der Waals surface area contributed by atoms with Crippen LogP contribution in [-0.2, 0) is 6.54 Å². The van der Waals surface area contributed by atoms with E-state index in [0.717, 1.165) is 48.0 Å². The van der Waals surface area contributed by atoms with Gasteiger partial charge in [0.05, 0.1) is 17.9 Å². The van der Waals surface area contributed by atoms with Gasteiger partial charge in [-0.3, -0.25) is 5.10 Å². The zero-order valence-electron chi connectivity index (χ0n) is 14.2. The zero-order chi connectivity index (χ0) is 17.5. The predicted octanol–water partition coefficient (Wildman–Crippen LogP) is 4.43. The highest BCUT2D eigenvalue weighted by atomic mass is 19.1. The normalized spacial score (nSPS) is 10.6. The lowest BCUT2D eigenvalue weighted by atomic mass is 10.1. The smallest absolute Gasteiger partial charge is 0.148 e. The van der Waals surface area contributed by atoms with E-state index < -0.39 is 0 Å². The molecule has 0 aliphatic heterocycles. The molecule has 2 aromatic heterocycles. The number of hydrogen-bond donors (Lipinski definition) is 3. The summed E-state index contributed by atoms with van der Waals surface area (Å²) in [6.45, 7) is 3.68. The molecule has 0 unspecified atom stereocenters. The summed E-state index contributed by atoms with van der Waals surface area (Å²) in [5, 5.41) is 13.8. The molecule has 0 atom stereocenters. The third-order valence-corrected chi connectivity index (χ3v) is 3.83. The molecule has 3 rings (SSSR count). The predicted molar refractivity (Wildman–Crippen MR) is 98.9 cm³/mol. The van der Waals surface area contributed by atoms with Gasteiger partial charge in [-0.15, -0.1) is 0 Å². The summed E-state index contributed by atoms with van der Waals surface area (Å²) in [5.74, 6) is 1.37. The molecule has 0 aliphatic carbocycles. The number of unbranched alkanes of at least 4 members (excludes halogenated alkanes) is 1. The van der Waals surface area contributed by atoms with Crippen LogP contribution in [0.5, 0.6) is 0 Å². The van der Waals surface area contributed by atoms with Crippen molar-refractivity contribution in [2.24, 2.45) is 0 Å². The summed E-state index contributed by atoms with van der Waals surface area (Å²) in [6.07, 6.45) is 2.29. The number of aromatic nitrogens is 3. The Labute approximate surface area is 146 Å². The number of nitrogens with zero attached hydrogens (tertiary/aromatic N) is 2. The number of aromatic amines is 1. The van der Waals surface area contributed by atoms with E-state index in [-0.39, 0.29) is 5.82 Å². The molecule has 0 saturated heterocycles. The van der Waals surface area contributed by atoms with E-state index in [1.165, 1.54) is 12.1 Å². The maximum absolute atomic E-state index is 13.0. The molecule has 0 radical (unpaired) electrons. The number of rotatable bonds is 8. The van der Waals surface area contributed by atoms with Gasteiger partial charge in [0.15, 0.2) is 0 Å². The lowest BCUT2D eigenvalue weighted by Gasteiger charge is -2.07. The Morgan fingerprint density at radius 1 is 1.04 bits per heavy atom. The van der Waals surface area contributed by atoms with Gasteiger partial charge in [-0.05, 0) is 48.4 Å². The average molecular weight is 339 g/mol. The first-order chi connectivity index (χ1) is 12.2. The van der Waals surface area contributed by atoms with Crippen molar-refractivity contribution in [3.8, 4) is 11.3 Å². The van der Waals surface area contributed by atoms with Crippen LogP contribution in [0.2, 0.25) is 0 Å². The first-order valence-electron chi connectivity index (χ1n) is 8.49. The van der Waals surface area contributed by atoms with Crippen LogP contribution in [0.1, 0.15) is 25.5 Å². The highest BCUT2D eigenvalue weighted by Gasteiger charge is 2.04. The number of halogens is 1. The molecular formula is C19H22FN5. The number of pyridine rings is 1. The van der Waals surface area contributed by atoms with Crippen LogP contribution in [0.4, 0.5) is 16.0 Å². The van der Waals surface area contributed by atoms with Gasteiger partial charge in [0.2, 0.25) is 0 Å². The van der Waals surface area contributed by atoms with E-state index in [4.69, 9.17) is 0 Å². The van der Waals surface area contributed by atoms with Crippen LogP contribution in [0, 0.1) is 5.82 Å². The summed E-state index contributed by atoms with van der Waals surface area (Å²) in [7, 11) is 0. The molecule has 130 valence electrons. The minimum absolute atomic E-state index is 0.250. The standard InChI is InChI=1S/C19H22FN5/c1-2-3-11-21-18-6-4-5-16(23-18)13-22-19-12-17(24-25-19)14-7-9-15(20)10-8-14/h4-10,12H,2-3,11,13H2,1H3,(H,21,23)(H2,22,24,25). The summed E-state index contributed by atoms with van der Waals surface area (Å²) in [5.41, 5.74) is 2.67. The number of benzene rings is 1. The molecule has 2 heterocycles. The van der Waals surface area contributed by atoms with Gasteiger partial charge < -0.3 is 10.6 Å². The van der Waals surface area contributed by atoms with Gasteiger partial charge in [-0.1, -0.05) is 19.4 Å². The molecule has 6 heteroatoms. The maximum atomic E-state index is 13.0. The largest absolute Gasteiger partial charge is 0.370 e. The van der Waals surface area contributed by atoms with Gasteiger partial charge in [0.25, 0.3) is 0 Å². The summed E-state index contributed by atoms with van der Waals surface area (Å²) < 4.78 is 13.0. The Balaban J connectivity index is 1.58. The van der Waals surface area contributed by atoms with Crippen LogP contribution < -0.4 is 10.6 Å². The fraction of sp³-hybridized carbons (Fsp3) is 0.263. The molecule has 5 nitrogen and oxygen atoms in total. The van der Waals surface area contributed by atoms with Crippen molar-refractivity contribution in [3.63, 3.8) is 0 Å². The van der Waals surface area contributed by atoms with Gasteiger partial charge in [0, 0.05) is 12.6 Å². The minimum atomic E-state index is -0.250. The average Bonchev–Trinajstić information content (AvgIpc) is 3.10. The van der Waals surface area contributed by atoms with Crippen molar-refractivity contribution in [1.82, 2.24) is 15.2 Å². The lowest BCUT2D eigenvalue weighted by Crippen LogP contribution is -2.06. The monoisotopic (exact) mass is 339 g/mol. The van der Waals surface area contributed by atoms with Gasteiger partial charge >= 0.3 is 0 Å². The maximum Gasteiger partial charge on any atom is 0.148 e. The lowest BCUT2D eigenvalue weighted by molar-refractivity contribution is 0.628. The second-order valence-electron chi connectivity index (χ2n) is 5.82. The molecule has 0 fully saturated rings. The molecule has 0 saturated carbocycles. The Morgan fingerprint density at radius 2 is 1.88 bits per heavy atom. The summed E-state index contributed by atoms with van der Waals surface area (Å²) >= 11 is 0. The summed E-state index contributed by atoms with van der Waals surface area (Å²) in [6, 6.07) is 14.2. The third-order valence-electron chi connectivity index (χ3n) is 3.83. The Kier molecular flexibility index (Phi) is 5.61. The molecule has 0 amide bonds.